The first kappa shape index (κ1) is 60.4. The van der Waals surface area contributed by atoms with Crippen LogP contribution in [-0.4, -0.2) is 63.5 Å². The van der Waals surface area contributed by atoms with E-state index in [1.807, 2.05) is 63.4 Å². The SMILES string of the molecule is CC.CC.CCC.COCCSC(c1ccccc1)(c1ccccc1)c1ccc(OC)cc1.COCCSC(c1ccccc1)(c1ccccc1)c1ccccc1.Cc1ccc(CSCCO)cc1. The summed E-state index contributed by atoms with van der Waals surface area (Å²) in [5, 5.41) is 8.57. The van der Waals surface area contributed by atoms with E-state index >= 15 is 0 Å². The fourth-order valence-corrected chi connectivity index (χ4v) is 10.8. The van der Waals surface area contributed by atoms with Crippen LogP contribution >= 0.6 is 35.3 Å². The summed E-state index contributed by atoms with van der Waals surface area (Å²) in [5.41, 5.74) is 10.3. The predicted octanol–water partition coefficient (Wildman–Crippen LogP) is 16.4. The summed E-state index contributed by atoms with van der Waals surface area (Å²) in [6.07, 6.45) is 1.25. The number of methoxy groups -OCH3 is 3. The molecule has 0 fully saturated rings. The van der Waals surface area contributed by atoms with Crippen molar-refractivity contribution in [3.63, 3.8) is 0 Å². The van der Waals surface area contributed by atoms with E-state index in [9.17, 15) is 0 Å². The Morgan fingerprint density at radius 2 is 0.725 bits per heavy atom. The normalized spacial score (nSPS) is 10.4. The molecule has 0 saturated heterocycles. The number of aliphatic hydroxyl groups excluding tert-OH is 1. The number of aliphatic hydroxyl groups is 1. The molecule has 0 bridgehead atoms. The Balaban J connectivity index is 0.000000350. The van der Waals surface area contributed by atoms with E-state index in [2.05, 4.69) is 209 Å². The first-order valence-corrected chi connectivity index (χ1v) is 27.5. The number of aryl methyl sites for hydroxylation is 1. The number of ether oxygens (including phenoxy) is 3. The molecule has 7 heteroatoms. The molecular formula is C62H80O4S3. The second-order valence-electron chi connectivity index (χ2n) is 15.1. The van der Waals surface area contributed by atoms with Gasteiger partial charge in [0, 0.05) is 37.2 Å². The molecule has 7 aromatic rings. The van der Waals surface area contributed by atoms with Crippen LogP contribution in [0.2, 0.25) is 0 Å². The topological polar surface area (TPSA) is 47.9 Å². The average Bonchev–Trinajstić information content (AvgIpc) is 3.43. The first-order chi connectivity index (χ1) is 33.9. The zero-order valence-electron chi connectivity index (χ0n) is 43.1. The minimum absolute atomic E-state index is 0.234. The Morgan fingerprint density at radius 1 is 0.420 bits per heavy atom. The van der Waals surface area contributed by atoms with Gasteiger partial charge in [0.1, 0.15) is 5.75 Å². The second-order valence-corrected chi connectivity index (χ2v) is 18.8. The summed E-state index contributed by atoms with van der Waals surface area (Å²) in [6, 6.07) is 70.5. The number of rotatable bonds is 19. The molecular weight excluding hydrogens is 905 g/mol. The second kappa shape index (κ2) is 37.1. The monoisotopic (exact) mass is 985 g/mol. The van der Waals surface area contributed by atoms with Crippen molar-refractivity contribution in [1.82, 2.24) is 0 Å². The van der Waals surface area contributed by atoms with Gasteiger partial charge in [-0.3, -0.25) is 0 Å². The maximum absolute atomic E-state index is 8.57. The molecule has 370 valence electrons. The van der Waals surface area contributed by atoms with E-state index in [0.717, 1.165) is 35.4 Å². The lowest BCUT2D eigenvalue weighted by Gasteiger charge is -2.35. The molecule has 0 atom stereocenters. The Hall–Kier alpha value is -4.73. The van der Waals surface area contributed by atoms with Gasteiger partial charge < -0.3 is 19.3 Å². The van der Waals surface area contributed by atoms with Gasteiger partial charge in [0.25, 0.3) is 0 Å². The lowest BCUT2D eigenvalue weighted by Crippen LogP contribution is -2.26. The molecule has 0 unspecified atom stereocenters. The molecule has 0 heterocycles. The Morgan fingerprint density at radius 3 is 1.00 bits per heavy atom. The highest BCUT2D eigenvalue weighted by Gasteiger charge is 2.38. The minimum atomic E-state index is -0.298. The van der Waals surface area contributed by atoms with Gasteiger partial charge in [-0.2, -0.15) is 11.8 Å². The van der Waals surface area contributed by atoms with Crippen LogP contribution in [0.25, 0.3) is 0 Å². The Kier molecular flexibility index (Phi) is 32.5. The summed E-state index contributed by atoms with van der Waals surface area (Å²) < 4.78 is 15.5. The van der Waals surface area contributed by atoms with Crippen LogP contribution in [-0.2, 0) is 24.7 Å². The van der Waals surface area contributed by atoms with Crippen LogP contribution in [0.5, 0.6) is 5.75 Å². The quantitative estimate of drug-likeness (QED) is 0.0640. The third-order valence-electron chi connectivity index (χ3n) is 10.2. The van der Waals surface area contributed by atoms with Gasteiger partial charge in [0.05, 0.1) is 36.4 Å². The summed E-state index contributed by atoms with van der Waals surface area (Å²) in [7, 11) is 5.21. The zero-order chi connectivity index (χ0) is 50.4. The highest BCUT2D eigenvalue weighted by Crippen LogP contribution is 2.49. The lowest BCUT2D eigenvalue weighted by atomic mass is 9.84. The summed E-state index contributed by atoms with van der Waals surface area (Å²) >= 11 is 5.59. The summed E-state index contributed by atoms with van der Waals surface area (Å²) in [6.45, 7) is 16.1. The maximum Gasteiger partial charge on any atom is 0.118 e. The molecule has 0 aliphatic carbocycles. The van der Waals surface area contributed by atoms with Crippen molar-refractivity contribution in [2.75, 3.05) is 58.4 Å². The molecule has 0 aliphatic rings. The number of hydrogen-bond acceptors (Lipinski definition) is 7. The van der Waals surface area contributed by atoms with Gasteiger partial charge in [-0.25, -0.2) is 0 Å². The van der Waals surface area contributed by atoms with Crippen molar-refractivity contribution in [2.24, 2.45) is 0 Å². The van der Waals surface area contributed by atoms with Crippen molar-refractivity contribution in [3.05, 3.63) is 245 Å². The molecule has 0 spiro atoms. The van der Waals surface area contributed by atoms with Gasteiger partial charge >= 0.3 is 0 Å². The van der Waals surface area contributed by atoms with E-state index in [-0.39, 0.29) is 16.1 Å². The van der Waals surface area contributed by atoms with Crippen LogP contribution in [0.1, 0.15) is 92.5 Å². The van der Waals surface area contributed by atoms with E-state index in [4.69, 9.17) is 19.3 Å². The highest BCUT2D eigenvalue weighted by molar-refractivity contribution is 8.01. The fourth-order valence-electron chi connectivity index (χ4n) is 7.19. The Bertz CT molecular complexity index is 2090. The van der Waals surface area contributed by atoms with Crippen molar-refractivity contribution >= 4 is 35.3 Å². The minimum Gasteiger partial charge on any atom is -0.497 e. The molecule has 0 aliphatic heterocycles. The number of hydrogen-bond donors (Lipinski definition) is 1. The van der Waals surface area contributed by atoms with Crippen LogP contribution in [0.3, 0.4) is 0 Å². The largest absolute Gasteiger partial charge is 0.497 e. The zero-order valence-corrected chi connectivity index (χ0v) is 45.6. The van der Waals surface area contributed by atoms with E-state index in [0.29, 0.717) is 6.61 Å². The molecule has 4 nitrogen and oxygen atoms in total. The van der Waals surface area contributed by atoms with Crippen LogP contribution in [0, 0.1) is 6.92 Å². The third-order valence-corrected chi connectivity index (χ3v) is 14.3. The molecule has 69 heavy (non-hydrogen) atoms. The number of thioether (sulfide) groups is 3. The fraction of sp³-hybridized carbons (Fsp3) is 0.323. The van der Waals surface area contributed by atoms with Gasteiger partial charge in [0.15, 0.2) is 0 Å². The van der Waals surface area contributed by atoms with E-state index in [1.165, 1.54) is 50.9 Å². The van der Waals surface area contributed by atoms with E-state index < -0.39 is 0 Å². The molecule has 1 N–H and O–H groups in total. The van der Waals surface area contributed by atoms with Crippen LogP contribution in [0.4, 0.5) is 0 Å². The van der Waals surface area contributed by atoms with Crippen LogP contribution in [0.15, 0.2) is 200 Å². The molecule has 7 rings (SSSR count). The van der Waals surface area contributed by atoms with Gasteiger partial charge in [0.2, 0.25) is 0 Å². The van der Waals surface area contributed by atoms with Crippen molar-refractivity contribution < 1.29 is 19.3 Å². The highest BCUT2D eigenvalue weighted by atomic mass is 32.2. The first-order valence-electron chi connectivity index (χ1n) is 24.3. The van der Waals surface area contributed by atoms with E-state index in [1.54, 1.807) is 33.1 Å². The van der Waals surface area contributed by atoms with Crippen LogP contribution < -0.4 is 4.74 Å². The predicted molar refractivity (Wildman–Crippen MR) is 307 cm³/mol. The van der Waals surface area contributed by atoms with Gasteiger partial charge in [-0.15, -0.1) is 23.5 Å². The smallest absolute Gasteiger partial charge is 0.118 e. The van der Waals surface area contributed by atoms with Crippen molar-refractivity contribution in [2.45, 2.75) is 70.1 Å². The van der Waals surface area contributed by atoms with Gasteiger partial charge in [-0.1, -0.05) is 242 Å². The Labute approximate surface area is 431 Å². The standard InChI is InChI=1S/C23H24O2S.C22H22OS.C10H14OS.C3H8.2C2H6/c1-24-17-18-26-23(19-9-5-3-6-10-19,20-11-7-4-8-12-20)21-13-15-22(25-2)16-14-21;1-23-17-18-24-22(19-11-5-2-6-12-19,20-13-7-3-8-14-20)21-15-9-4-10-16-21;1-9-2-4-10(5-3-9)8-12-7-6-11;1-3-2;2*1-2/h3-16H,17-18H2,1-2H3;2-16H,17-18H2,1H3;2-5,11H,6-8H2,1H3;3H2,1-2H3;2*1-2H3. The van der Waals surface area contributed by atoms with Crippen molar-refractivity contribution in [1.29, 1.82) is 0 Å². The van der Waals surface area contributed by atoms with Crippen molar-refractivity contribution in [3.8, 4) is 5.75 Å². The summed E-state index contributed by atoms with van der Waals surface area (Å²) in [4.78, 5) is 0. The summed E-state index contributed by atoms with van der Waals surface area (Å²) in [5.74, 6) is 4.52. The molecule has 0 saturated carbocycles. The average molecular weight is 986 g/mol. The lowest BCUT2D eigenvalue weighted by molar-refractivity contribution is 0.218. The molecule has 0 aromatic heterocycles. The molecule has 0 radical (unpaired) electrons. The third kappa shape index (κ3) is 19.5. The molecule has 0 amide bonds. The van der Waals surface area contributed by atoms with Gasteiger partial charge in [-0.05, 0) is 58.0 Å². The maximum atomic E-state index is 8.57. The number of benzene rings is 7. The molecule has 7 aromatic carbocycles.